The molecule has 7 heteroatoms. The van der Waals surface area contributed by atoms with E-state index in [1.807, 2.05) is 24.3 Å². The van der Waals surface area contributed by atoms with Crippen LogP contribution in [-0.4, -0.2) is 53.2 Å². The fourth-order valence-electron chi connectivity index (χ4n) is 5.51. The van der Waals surface area contributed by atoms with Gasteiger partial charge in [0.05, 0.1) is 0 Å². The van der Waals surface area contributed by atoms with Crippen molar-refractivity contribution in [2.75, 3.05) is 13.2 Å². The molecule has 2 N–H and O–H groups in total. The molecule has 172 valence electrons. The van der Waals surface area contributed by atoms with E-state index in [2.05, 4.69) is 29.6 Å². The fraction of sp³-hybridized carbons (Fsp3) is 0.423. The average Bonchev–Trinajstić information content (AvgIpc) is 3.40. The maximum Gasteiger partial charge on any atom is 0.407 e. The van der Waals surface area contributed by atoms with E-state index in [4.69, 9.17) is 4.74 Å². The molecule has 3 aliphatic rings. The van der Waals surface area contributed by atoms with Crippen LogP contribution in [0.25, 0.3) is 11.1 Å². The summed E-state index contributed by atoms with van der Waals surface area (Å²) in [5, 5.41) is 12.2. The van der Waals surface area contributed by atoms with Crippen molar-refractivity contribution in [2.24, 2.45) is 5.92 Å². The molecule has 1 saturated heterocycles. The van der Waals surface area contributed by atoms with Gasteiger partial charge in [-0.2, -0.15) is 0 Å². The number of fused-ring (bicyclic) bond motifs is 3. The second-order valence-electron chi connectivity index (χ2n) is 9.29. The lowest BCUT2D eigenvalue weighted by molar-refractivity contribution is -0.148. The third kappa shape index (κ3) is 4.19. The Hall–Kier alpha value is -3.35. The number of benzene rings is 2. The molecule has 7 nitrogen and oxygen atoms in total. The fourth-order valence-corrected chi connectivity index (χ4v) is 5.51. The number of aliphatic carboxylic acids is 1. The molecule has 0 aromatic heterocycles. The van der Waals surface area contributed by atoms with E-state index in [1.54, 1.807) is 0 Å². The van der Waals surface area contributed by atoms with Crippen molar-refractivity contribution < 1.29 is 24.2 Å². The highest BCUT2D eigenvalue weighted by Gasteiger charge is 2.38. The molecule has 33 heavy (non-hydrogen) atoms. The van der Waals surface area contributed by atoms with E-state index in [1.165, 1.54) is 27.2 Å². The monoisotopic (exact) mass is 448 g/mol. The van der Waals surface area contributed by atoms with Crippen LogP contribution < -0.4 is 5.32 Å². The standard InChI is InChI=1S/C26H28N2O5/c29-24(28-11-5-10-23(28)25(30)31)14-16-12-17(13-16)27-26(32)33-15-22-20-8-3-1-6-18(20)19-7-2-4-9-21(19)22/h1-4,6-9,16-17,22-23H,5,10-15H2,(H,27,32)(H,30,31)/t16?,17?,23-/m1/s1. The van der Waals surface area contributed by atoms with Gasteiger partial charge in [-0.1, -0.05) is 48.5 Å². The number of nitrogens with zero attached hydrogens (tertiary/aromatic N) is 1. The Bertz CT molecular complexity index is 1030. The lowest BCUT2D eigenvalue weighted by Crippen LogP contribution is -2.47. The predicted octanol–water partition coefficient (Wildman–Crippen LogP) is 3.77. The van der Waals surface area contributed by atoms with Crippen molar-refractivity contribution in [1.82, 2.24) is 10.2 Å². The van der Waals surface area contributed by atoms with E-state index in [0.29, 0.717) is 32.2 Å². The summed E-state index contributed by atoms with van der Waals surface area (Å²) in [7, 11) is 0. The summed E-state index contributed by atoms with van der Waals surface area (Å²) >= 11 is 0. The van der Waals surface area contributed by atoms with Gasteiger partial charge in [-0.15, -0.1) is 0 Å². The number of hydrogen-bond acceptors (Lipinski definition) is 4. The van der Waals surface area contributed by atoms with Crippen molar-refractivity contribution in [2.45, 2.75) is 50.1 Å². The second-order valence-corrected chi connectivity index (χ2v) is 9.29. The number of carbonyl (C=O) groups excluding carboxylic acids is 2. The normalized spacial score (nSPS) is 23.4. The first-order valence-electron chi connectivity index (χ1n) is 11.6. The Kier molecular flexibility index (Phi) is 5.79. The van der Waals surface area contributed by atoms with Gasteiger partial charge >= 0.3 is 12.1 Å². The minimum atomic E-state index is -0.927. The number of rotatable bonds is 6. The highest BCUT2D eigenvalue weighted by Crippen LogP contribution is 2.44. The average molecular weight is 449 g/mol. The quantitative estimate of drug-likeness (QED) is 0.701. The summed E-state index contributed by atoms with van der Waals surface area (Å²) in [6.45, 7) is 0.796. The zero-order valence-electron chi connectivity index (χ0n) is 18.4. The van der Waals surface area contributed by atoms with Crippen LogP contribution in [-0.2, 0) is 14.3 Å². The van der Waals surface area contributed by atoms with Crippen molar-refractivity contribution >= 4 is 18.0 Å². The maximum atomic E-state index is 12.5. The van der Waals surface area contributed by atoms with Crippen molar-refractivity contribution in [3.63, 3.8) is 0 Å². The number of carboxylic acids is 1. The van der Waals surface area contributed by atoms with Gasteiger partial charge in [0.1, 0.15) is 12.6 Å². The Balaban J connectivity index is 1.09. The van der Waals surface area contributed by atoms with Crippen molar-refractivity contribution in [3.05, 3.63) is 59.7 Å². The molecule has 2 aromatic rings. The first-order valence-corrected chi connectivity index (χ1v) is 11.6. The van der Waals surface area contributed by atoms with Crippen LogP contribution >= 0.6 is 0 Å². The topological polar surface area (TPSA) is 95.9 Å². The van der Waals surface area contributed by atoms with Crippen LogP contribution in [0.4, 0.5) is 4.79 Å². The van der Waals surface area contributed by atoms with Gasteiger partial charge in [-0.3, -0.25) is 4.79 Å². The molecule has 0 unspecified atom stereocenters. The zero-order valence-corrected chi connectivity index (χ0v) is 18.4. The number of nitrogens with one attached hydrogen (secondary N) is 1. The third-order valence-corrected chi connectivity index (χ3v) is 7.22. The molecule has 0 bridgehead atoms. The van der Waals surface area contributed by atoms with E-state index >= 15 is 0 Å². The molecule has 2 fully saturated rings. The van der Waals surface area contributed by atoms with Crippen LogP contribution in [0.15, 0.2) is 48.5 Å². The van der Waals surface area contributed by atoms with E-state index in [0.717, 1.165) is 6.42 Å². The molecule has 0 spiro atoms. The molecule has 0 radical (unpaired) electrons. The molecule has 2 aliphatic carbocycles. The summed E-state index contributed by atoms with van der Waals surface area (Å²) < 4.78 is 5.59. The van der Waals surface area contributed by atoms with Gasteiger partial charge in [-0.25, -0.2) is 9.59 Å². The Morgan fingerprint density at radius 1 is 1.00 bits per heavy atom. The van der Waals surface area contributed by atoms with Gasteiger partial charge in [0.2, 0.25) is 5.91 Å². The Morgan fingerprint density at radius 3 is 2.27 bits per heavy atom. The molecular weight excluding hydrogens is 420 g/mol. The lowest BCUT2D eigenvalue weighted by atomic mass is 9.78. The smallest absolute Gasteiger partial charge is 0.407 e. The summed E-state index contributed by atoms with van der Waals surface area (Å²) in [6, 6.07) is 15.7. The highest BCUT2D eigenvalue weighted by molar-refractivity contribution is 5.84. The van der Waals surface area contributed by atoms with E-state index in [9.17, 15) is 19.5 Å². The number of likely N-dealkylation sites (tertiary alicyclic amines) is 1. The molecule has 1 heterocycles. The maximum absolute atomic E-state index is 12.5. The molecule has 1 aliphatic heterocycles. The number of amides is 2. The Morgan fingerprint density at radius 2 is 1.64 bits per heavy atom. The highest BCUT2D eigenvalue weighted by atomic mass is 16.5. The molecule has 2 aromatic carbocycles. The van der Waals surface area contributed by atoms with E-state index in [-0.39, 0.29) is 30.4 Å². The van der Waals surface area contributed by atoms with Gasteiger partial charge in [0.15, 0.2) is 0 Å². The summed E-state index contributed by atoms with van der Waals surface area (Å²) in [6.07, 6.45) is 2.59. The zero-order chi connectivity index (χ0) is 22.9. The number of carboxylic acid groups (broad SMARTS) is 1. The first kappa shape index (κ1) is 21.5. The van der Waals surface area contributed by atoms with Gasteiger partial charge in [0.25, 0.3) is 0 Å². The predicted molar refractivity (Wildman–Crippen MR) is 122 cm³/mol. The van der Waals surface area contributed by atoms with Crippen LogP contribution in [0.3, 0.4) is 0 Å². The molecule has 1 saturated carbocycles. The van der Waals surface area contributed by atoms with Crippen LogP contribution in [0.5, 0.6) is 0 Å². The van der Waals surface area contributed by atoms with Crippen molar-refractivity contribution in [3.8, 4) is 11.1 Å². The Labute approximate surface area is 192 Å². The lowest BCUT2D eigenvalue weighted by Gasteiger charge is -2.36. The number of carbonyl (C=O) groups is 3. The summed E-state index contributed by atoms with van der Waals surface area (Å²) in [5.41, 5.74) is 4.74. The van der Waals surface area contributed by atoms with E-state index < -0.39 is 18.1 Å². The third-order valence-electron chi connectivity index (χ3n) is 7.22. The number of hydrogen-bond donors (Lipinski definition) is 2. The minimum absolute atomic E-state index is 0.00713. The van der Waals surface area contributed by atoms with Crippen LogP contribution in [0.1, 0.15) is 49.1 Å². The van der Waals surface area contributed by atoms with Crippen LogP contribution in [0, 0.1) is 5.92 Å². The minimum Gasteiger partial charge on any atom is -0.480 e. The second kappa shape index (κ2) is 8.89. The molecule has 2 amide bonds. The molecule has 5 rings (SSSR count). The van der Waals surface area contributed by atoms with Crippen LogP contribution in [0.2, 0.25) is 0 Å². The summed E-state index contributed by atoms with van der Waals surface area (Å²) in [5.74, 6) is -0.822. The van der Waals surface area contributed by atoms with Gasteiger partial charge < -0.3 is 20.1 Å². The van der Waals surface area contributed by atoms with Gasteiger partial charge in [-0.05, 0) is 53.9 Å². The number of ether oxygens (including phenoxy) is 1. The van der Waals surface area contributed by atoms with Gasteiger partial charge in [0, 0.05) is 24.9 Å². The SMILES string of the molecule is O=C(NC1CC(CC(=O)N2CCC[C@@H]2C(=O)O)C1)OCC1c2ccccc2-c2ccccc21. The molecule has 1 atom stereocenters. The largest absolute Gasteiger partial charge is 0.480 e. The summed E-state index contributed by atoms with van der Waals surface area (Å²) in [4.78, 5) is 37.7. The number of alkyl carbamates (subject to hydrolysis) is 1. The van der Waals surface area contributed by atoms with Crippen molar-refractivity contribution in [1.29, 1.82) is 0 Å². The first-order chi connectivity index (χ1) is 16.0. The molecular formula is C26H28N2O5.